The lowest BCUT2D eigenvalue weighted by atomic mass is 10.0. The van der Waals surface area contributed by atoms with E-state index < -0.39 is 24.3 Å². The topological polar surface area (TPSA) is 111 Å². The van der Waals surface area contributed by atoms with Gasteiger partial charge in [0.1, 0.15) is 13.2 Å². The zero-order chi connectivity index (χ0) is 56.2. The minimum Gasteiger partial charge on any atom is -0.545 e. The van der Waals surface area contributed by atoms with E-state index in [4.69, 9.17) is 18.9 Å². The van der Waals surface area contributed by atoms with E-state index >= 15 is 0 Å². The van der Waals surface area contributed by atoms with Crippen LogP contribution in [0.1, 0.15) is 322 Å². The maximum Gasteiger partial charge on any atom is 0.306 e. The molecule has 0 radical (unpaired) electrons. The van der Waals surface area contributed by atoms with Crippen LogP contribution in [0.2, 0.25) is 0 Å². The van der Waals surface area contributed by atoms with Gasteiger partial charge >= 0.3 is 11.9 Å². The lowest BCUT2D eigenvalue weighted by molar-refractivity contribution is -0.870. The Balaban J connectivity index is 4.13. The molecule has 9 nitrogen and oxygen atoms in total. The van der Waals surface area contributed by atoms with E-state index in [9.17, 15) is 19.5 Å². The van der Waals surface area contributed by atoms with Crippen LogP contribution in [0.3, 0.4) is 0 Å². The molecule has 0 aliphatic carbocycles. The van der Waals surface area contributed by atoms with Crippen molar-refractivity contribution in [2.24, 2.45) is 0 Å². The van der Waals surface area contributed by atoms with Crippen molar-refractivity contribution in [1.82, 2.24) is 0 Å². The average Bonchev–Trinajstić information content (AvgIpc) is 3.40. The number of hydrogen-bond donors (Lipinski definition) is 0. The van der Waals surface area contributed by atoms with Crippen LogP contribution in [-0.2, 0) is 33.3 Å². The Morgan fingerprint density at radius 2 is 0.701 bits per heavy atom. The van der Waals surface area contributed by atoms with Gasteiger partial charge in [-0.15, -0.1) is 0 Å². The maximum absolute atomic E-state index is 12.9. The van der Waals surface area contributed by atoms with Crippen molar-refractivity contribution >= 4 is 17.9 Å². The van der Waals surface area contributed by atoms with Crippen molar-refractivity contribution < 1.29 is 42.9 Å². The minimum atomic E-state index is -1.62. The third kappa shape index (κ3) is 61.0. The van der Waals surface area contributed by atoms with Gasteiger partial charge in [-0.1, -0.05) is 275 Å². The molecule has 0 bridgehead atoms. The number of hydrogen-bond acceptors (Lipinski definition) is 8. The number of ether oxygens (including phenoxy) is 4. The number of nitrogens with zero attached hydrogens (tertiary/aromatic N) is 1. The molecule has 0 aliphatic heterocycles. The molecule has 0 N–H and O–H groups in total. The fraction of sp³-hybridized carbons (Fsp3) is 0.868. The number of esters is 2. The van der Waals surface area contributed by atoms with Crippen LogP contribution in [0.5, 0.6) is 0 Å². The molecule has 2 unspecified atom stereocenters. The first-order valence-corrected chi connectivity index (χ1v) is 33.1. The molecule has 0 aliphatic rings. The van der Waals surface area contributed by atoms with E-state index in [0.717, 1.165) is 38.5 Å². The first-order chi connectivity index (χ1) is 37.6. The summed E-state index contributed by atoms with van der Waals surface area (Å²) in [5, 5.41) is 11.8. The molecule has 2 atom stereocenters. The molecule has 0 fully saturated rings. The summed E-state index contributed by atoms with van der Waals surface area (Å²) in [6.45, 7) is 4.79. The number of quaternary nitrogens is 1. The van der Waals surface area contributed by atoms with Crippen molar-refractivity contribution in [2.75, 3.05) is 47.5 Å². The van der Waals surface area contributed by atoms with Crippen LogP contribution < -0.4 is 5.11 Å². The molecule has 0 aromatic heterocycles. The van der Waals surface area contributed by atoms with Crippen LogP contribution >= 0.6 is 0 Å². The number of rotatable bonds is 62. The molecule has 0 heterocycles. The van der Waals surface area contributed by atoms with Crippen LogP contribution in [-0.4, -0.2) is 82.3 Å². The Hall–Kier alpha value is -2.49. The summed E-state index contributed by atoms with van der Waals surface area (Å²) in [4.78, 5) is 37.4. The normalized spacial score (nSPS) is 12.9. The molecule has 0 spiro atoms. The molecule has 9 heteroatoms. The zero-order valence-electron chi connectivity index (χ0n) is 51.6. The highest BCUT2D eigenvalue weighted by atomic mass is 16.7. The predicted molar refractivity (Wildman–Crippen MR) is 325 cm³/mol. The van der Waals surface area contributed by atoms with Crippen LogP contribution in [0.4, 0.5) is 0 Å². The number of unbranched alkanes of at least 4 members (excludes halogenated alkanes) is 41. The molecule has 0 amide bonds. The van der Waals surface area contributed by atoms with Crippen LogP contribution in [0.25, 0.3) is 0 Å². The lowest BCUT2D eigenvalue weighted by Crippen LogP contribution is -2.44. The largest absolute Gasteiger partial charge is 0.545 e. The standard InChI is InChI=1S/C68H127NO8/c1-6-8-10-12-14-16-18-20-22-24-26-28-30-32-33-35-36-38-40-42-44-46-48-50-52-54-56-58-65(70)75-62-64(63-76-68(67(72)73)74-61-60-69(3,4)5)77-66(71)59-57-55-53-51-49-47-45-43-41-39-37-34-31-29-27-25-23-21-19-17-15-13-11-9-7-2/h19,21,24-27,64,68H,6-18,20,22-23,28-63H2,1-5H3/b21-19-,26-24-,27-25-. The second kappa shape index (κ2) is 59.6. The van der Waals surface area contributed by atoms with E-state index in [1.54, 1.807) is 0 Å². The number of allylic oxidation sites excluding steroid dienone is 6. The summed E-state index contributed by atoms with van der Waals surface area (Å²) in [6.07, 6.45) is 70.7. The van der Waals surface area contributed by atoms with Gasteiger partial charge in [0.15, 0.2) is 12.4 Å². The van der Waals surface area contributed by atoms with Crippen molar-refractivity contribution in [3.63, 3.8) is 0 Å². The van der Waals surface area contributed by atoms with Gasteiger partial charge in [-0.25, -0.2) is 0 Å². The highest BCUT2D eigenvalue weighted by molar-refractivity contribution is 5.70. The number of likely N-dealkylation sites (N-methyl/N-ethyl adjacent to an activating group) is 1. The summed E-state index contributed by atoms with van der Waals surface area (Å²) in [6, 6.07) is 0. The first kappa shape index (κ1) is 74.5. The summed E-state index contributed by atoms with van der Waals surface area (Å²) < 4.78 is 22.8. The number of aliphatic carboxylic acids is 1. The maximum atomic E-state index is 12.9. The fourth-order valence-electron chi connectivity index (χ4n) is 9.74. The SMILES string of the molecule is CCCCCCC/C=C\C/C=C\CCCCCCCCCCCCCCCC(=O)OC(COC(=O)CCCCCCCCCCCCCCCCC/C=C\CCCCCCCCCC)COC(OCC[N+](C)(C)C)C(=O)[O-]. The van der Waals surface area contributed by atoms with E-state index in [2.05, 4.69) is 50.3 Å². The number of carbonyl (C=O) groups excluding carboxylic acids is 3. The Morgan fingerprint density at radius 3 is 1.04 bits per heavy atom. The average molecular weight is 1090 g/mol. The molecular weight excluding hydrogens is 959 g/mol. The molecule has 452 valence electrons. The van der Waals surface area contributed by atoms with Crippen LogP contribution in [0.15, 0.2) is 36.5 Å². The third-order valence-corrected chi connectivity index (χ3v) is 14.9. The molecule has 0 aromatic rings. The zero-order valence-corrected chi connectivity index (χ0v) is 51.6. The number of carboxylic acid groups (broad SMARTS) is 1. The Bertz CT molecular complexity index is 1360. The van der Waals surface area contributed by atoms with Gasteiger partial charge in [-0.05, 0) is 70.6 Å². The molecule has 0 aromatic carbocycles. The molecular formula is C68H127NO8. The Morgan fingerprint density at radius 1 is 0.390 bits per heavy atom. The number of carboxylic acids is 1. The monoisotopic (exact) mass is 1090 g/mol. The lowest BCUT2D eigenvalue weighted by Gasteiger charge is -2.26. The van der Waals surface area contributed by atoms with Gasteiger partial charge in [0.05, 0.1) is 40.3 Å². The van der Waals surface area contributed by atoms with Crippen LogP contribution in [0, 0.1) is 0 Å². The predicted octanol–water partition coefficient (Wildman–Crippen LogP) is 18.7. The smallest absolute Gasteiger partial charge is 0.306 e. The first-order valence-electron chi connectivity index (χ1n) is 33.1. The summed E-state index contributed by atoms with van der Waals surface area (Å²) in [5.74, 6) is -2.26. The second-order valence-corrected chi connectivity index (χ2v) is 23.8. The molecule has 77 heavy (non-hydrogen) atoms. The van der Waals surface area contributed by atoms with Gasteiger partial charge in [-0.3, -0.25) is 9.59 Å². The fourth-order valence-corrected chi connectivity index (χ4v) is 9.74. The van der Waals surface area contributed by atoms with Crippen molar-refractivity contribution in [3.8, 4) is 0 Å². The van der Waals surface area contributed by atoms with Crippen molar-refractivity contribution in [1.29, 1.82) is 0 Å². The quantitative estimate of drug-likeness (QED) is 0.0195. The van der Waals surface area contributed by atoms with E-state index in [1.807, 2.05) is 21.1 Å². The minimum absolute atomic E-state index is 0.149. The summed E-state index contributed by atoms with van der Waals surface area (Å²) >= 11 is 0. The molecule has 0 saturated carbocycles. The number of carbonyl (C=O) groups is 3. The highest BCUT2D eigenvalue weighted by Crippen LogP contribution is 2.18. The van der Waals surface area contributed by atoms with Gasteiger partial charge in [0.25, 0.3) is 0 Å². The second-order valence-electron chi connectivity index (χ2n) is 23.8. The van der Waals surface area contributed by atoms with Gasteiger partial charge < -0.3 is 33.3 Å². The van der Waals surface area contributed by atoms with E-state index in [1.165, 1.54) is 250 Å². The van der Waals surface area contributed by atoms with Gasteiger partial charge in [-0.2, -0.15) is 0 Å². The summed E-state index contributed by atoms with van der Waals surface area (Å²) in [7, 11) is 5.94. The molecule has 0 saturated heterocycles. The van der Waals surface area contributed by atoms with Crippen molar-refractivity contribution in [3.05, 3.63) is 36.5 Å². The third-order valence-electron chi connectivity index (χ3n) is 14.9. The summed E-state index contributed by atoms with van der Waals surface area (Å²) in [5.41, 5.74) is 0. The highest BCUT2D eigenvalue weighted by Gasteiger charge is 2.22. The van der Waals surface area contributed by atoms with E-state index in [0.29, 0.717) is 23.9 Å². The van der Waals surface area contributed by atoms with E-state index in [-0.39, 0.29) is 32.2 Å². The van der Waals surface area contributed by atoms with Crippen molar-refractivity contribution in [2.45, 2.75) is 334 Å². The molecule has 0 rings (SSSR count). The van der Waals surface area contributed by atoms with Gasteiger partial charge in [0.2, 0.25) is 0 Å². The Labute approximate surface area is 477 Å². The Kier molecular flexibility index (Phi) is 57.7. The van der Waals surface area contributed by atoms with Gasteiger partial charge in [0, 0.05) is 12.8 Å².